The number of nitrogens with zero attached hydrogens (tertiary/aromatic N) is 3. The molecule has 0 aliphatic rings. The van der Waals surface area contributed by atoms with Crippen molar-refractivity contribution >= 4 is 29.0 Å². The number of aromatic nitrogens is 3. The molecule has 1 amide bonds. The first-order valence-corrected chi connectivity index (χ1v) is 10.8. The van der Waals surface area contributed by atoms with Crippen molar-refractivity contribution in [1.29, 1.82) is 0 Å². The van der Waals surface area contributed by atoms with Crippen LogP contribution in [-0.4, -0.2) is 25.9 Å². The molecular weight excluding hydrogens is 406 g/mol. The molecule has 3 N–H and O–H groups in total. The fraction of sp³-hybridized carbons (Fsp3) is 0.125. The van der Waals surface area contributed by atoms with E-state index in [0.29, 0.717) is 16.7 Å². The van der Waals surface area contributed by atoms with Crippen LogP contribution < -0.4 is 11.1 Å². The van der Waals surface area contributed by atoms with Crippen LogP contribution >= 0.6 is 11.8 Å². The molecule has 4 aromatic rings. The highest BCUT2D eigenvalue weighted by atomic mass is 32.2. The zero-order valence-electron chi connectivity index (χ0n) is 17.3. The molecule has 6 nitrogen and oxygen atoms in total. The van der Waals surface area contributed by atoms with Crippen molar-refractivity contribution in [3.8, 4) is 17.1 Å². The molecule has 31 heavy (non-hydrogen) atoms. The number of hydrogen-bond donors (Lipinski definition) is 2. The Balaban J connectivity index is 1.64. The fourth-order valence-corrected chi connectivity index (χ4v) is 4.00. The largest absolute Gasteiger partial charge is 0.399 e. The summed E-state index contributed by atoms with van der Waals surface area (Å²) in [6.07, 6.45) is 0. The number of para-hydroxylation sites is 2. The van der Waals surface area contributed by atoms with E-state index in [2.05, 4.69) is 15.5 Å². The summed E-state index contributed by atoms with van der Waals surface area (Å²) in [5, 5.41) is 12.1. The second-order valence-corrected chi connectivity index (χ2v) is 8.47. The van der Waals surface area contributed by atoms with Crippen LogP contribution in [0, 0.1) is 6.92 Å². The lowest BCUT2D eigenvalue weighted by Crippen LogP contribution is -2.23. The van der Waals surface area contributed by atoms with Crippen LogP contribution in [0.2, 0.25) is 0 Å². The van der Waals surface area contributed by atoms with Crippen LogP contribution in [0.15, 0.2) is 84.0 Å². The van der Waals surface area contributed by atoms with E-state index in [0.717, 1.165) is 22.5 Å². The van der Waals surface area contributed by atoms with Gasteiger partial charge in [0.15, 0.2) is 11.0 Å². The van der Waals surface area contributed by atoms with E-state index in [1.807, 2.05) is 97.3 Å². The molecule has 0 saturated heterocycles. The molecule has 156 valence electrons. The zero-order valence-corrected chi connectivity index (χ0v) is 18.1. The summed E-state index contributed by atoms with van der Waals surface area (Å²) >= 11 is 1.37. The summed E-state index contributed by atoms with van der Waals surface area (Å²) in [6, 6.07) is 25.1. The normalized spacial score (nSPS) is 11.8. The number of nitrogens with two attached hydrogens (primary N) is 1. The number of benzene rings is 3. The summed E-state index contributed by atoms with van der Waals surface area (Å²) in [6.45, 7) is 3.84. The molecule has 7 heteroatoms. The molecule has 0 aliphatic carbocycles. The first-order chi connectivity index (χ1) is 15.0. The van der Waals surface area contributed by atoms with Gasteiger partial charge in [-0.25, -0.2) is 0 Å². The Bertz CT molecular complexity index is 1190. The maximum Gasteiger partial charge on any atom is 0.237 e. The van der Waals surface area contributed by atoms with Gasteiger partial charge in [-0.15, -0.1) is 10.2 Å². The highest BCUT2D eigenvalue weighted by Crippen LogP contribution is 2.31. The van der Waals surface area contributed by atoms with Crippen LogP contribution in [0.3, 0.4) is 0 Å². The number of carbonyl (C=O) groups is 1. The Morgan fingerprint density at radius 3 is 2.35 bits per heavy atom. The molecule has 1 atom stereocenters. The van der Waals surface area contributed by atoms with Gasteiger partial charge in [0.25, 0.3) is 0 Å². The van der Waals surface area contributed by atoms with E-state index in [9.17, 15) is 4.79 Å². The average molecular weight is 430 g/mol. The van der Waals surface area contributed by atoms with E-state index in [1.165, 1.54) is 11.8 Å². The van der Waals surface area contributed by atoms with Gasteiger partial charge in [-0.05, 0) is 61.9 Å². The fourth-order valence-electron chi connectivity index (χ4n) is 3.13. The van der Waals surface area contributed by atoms with Gasteiger partial charge in [0.2, 0.25) is 5.91 Å². The number of rotatable bonds is 6. The third kappa shape index (κ3) is 4.62. The summed E-state index contributed by atoms with van der Waals surface area (Å²) < 4.78 is 1.97. The second-order valence-electron chi connectivity index (χ2n) is 7.16. The minimum absolute atomic E-state index is 0.0871. The lowest BCUT2D eigenvalue weighted by molar-refractivity contribution is -0.115. The summed E-state index contributed by atoms with van der Waals surface area (Å²) in [4.78, 5) is 12.8. The van der Waals surface area contributed by atoms with Gasteiger partial charge >= 0.3 is 0 Å². The molecule has 1 aromatic heterocycles. The number of carbonyl (C=O) groups excluding carboxylic acids is 1. The summed E-state index contributed by atoms with van der Waals surface area (Å²) in [5.41, 5.74) is 10.2. The van der Waals surface area contributed by atoms with Crippen molar-refractivity contribution in [3.05, 3.63) is 84.4 Å². The van der Waals surface area contributed by atoms with Crippen LogP contribution in [0.4, 0.5) is 11.4 Å². The van der Waals surface area contributed by atoms with Crippen LogP contribution in [0.25, 0.3) is 17.1 Å². The number of thioether (sulfide) groups is 1. The average Bonchev–Trinajstić information content (AvgIpc) is 3.19. The molecule has 1 heterocycles. The maximum absolute atomic E-state index is 12.8. The van der Waals surface area contributed by atoms with Crippen molar-refractivity contribution in [3.63, 3.8) is 0 Å². The minimum atomic E-state index is -0.370. The van der Waals surface area contributed by atoms with E-state index in [-0.39, 0.29) is 11.2 Å². The van der Waals surface area contributed by atoms with Crippen molar-refractivity contribution in [2.24, 2.45) is 0 Å². The summed E-state index contributed by atoms with van der Waals surface area (Å²) in [7, 11) is 0. The Morgan fingerprint density at radius 1 is 0.968 bits per heavy atom. The number of aryl methyl sites for hydroxylation is 1. The zero-order chi connectivity index (χ0) is 21.8. The Labute approximate surface area is 185 Å². The monoisotopic (exact) mass is 429 g/mol. The van der Waals surface area contributed by atoms with Crippen LogP contribution in [0.5, 0.6) is 0 Å². The van der Waals surface area contributed by atoms with Crippen molar-refractivity contribution in [2.75, 3.05) is 11.1 Å². The first-order valence-electron chi connectivity index (χ1n) is 9.93. The Hall–Kier alpha value is -3.58. The molecular formula is C24H23N5OS. The van der Waals surface area contributed by atoms with Gasteiger partial charge in [0.1, 0.15) is 0 Å². The van der Waals surface area contributed by atoms with E-state index < -0.39 is 0 Å². The van der Waals surface area contributed by atoms with Crippen molar-refractivity contribution in [2.45, 2.75) is 24.3 Å². The predicted octanol–water partition coefficient (Wildman–Crippen LogP) is 4.94. The number of anilines is 2. The van der Waals surface area contributed by atoms with Gasteiger partial charge in [-0.3, -0.25) is 9.36 Å². The molecule has 0 unspecified atom stereocenters. The number of hydrogen-bond acceptors (Lipinski definition) is 5. The highest BCUT2D eigenvalue weighted by Gasteiger charge is 2.22. The van der Waals surface area contributed by atoms with Crippen LogP contribution in [-0.2, 0) is 4.79 Å². The number of nitrogen functional groups attached to an aromatic ring is 1. The van der Waals surface area contributed by atoms with Crippen LogP contribution in [0.1, 0.15) is 12.5 Å². The lowest BCUT2D eigenvalue weighted by atomic mass is 10.2. The molecule has 0 radical (unpaired) electrons. The molecule has 4 rings (SSSR count). The van der Waals surface area contributed by atoms with Gasteiger partial charge < -0.3 is 11.1 Å². The third-order valence-electron chi connectivity index (χ3n) is 4.87. The molecule has 0 bridgehead atoms. The topological polar surface area (TPSA) is 85.8 Å². The third-order valence-corrected chi connectivity index (χ3v) is 5.91. The minimum Gasteiger partial charge on any atom is -0.399 e. The number of nitrogens with one attached hydrogen (secondary N) is 1. The maximum atomic E-state index is 12.8. The van der Waals surface area contributed by atoms with E-state index in [4.69, 9.17) is 5.73 Å². The quantitative estimate of drug-likeness (QED) is 0.335. The SMILES string of the molecule is Cc1ccccc1NC(=O)[C@H](C)Sc1nnc(-c2ccc(N)cc2)n1-c1ccccc1. The van der Waals surface area contributed by atoms with E-state index in [1.54, 1.807) is 0 Å². The van der Waals surface area contributed by atoms with Gasteiger partial charge in [0, 0.05) is 22.6 Å². The first kappa shape index (κ1) is 20.7. The van der Waals surface area contributed by atoms with Crippen molar-refractivity contribution in [1.82, 2.24) is 14.8 Å². The number of amides is 1. The molecule has 0 aliphatic heterocycles. The molecule has 3 aromatic carbocycles. The van der Waals surface area contributed by atoms with Gasteiger partial charge in [0.05, 0.1) is 5.25 Å². The predicted molar refractivity (Wildman–Crippen MR) is 126 cm³/mol. The lowest BCUT2D eigenvalue weighted by Gasteiger charge is -2.15. The Morgan fingerprint density at radius 2 is 1.65 bits per heavy atom. The van der Waals surface area contributed by atoms with Crippen molar-refractivity contribution < 1.29 is 4.79 Å². The second kappa shape index (κ2) is 9.06. The van der Waals surface area contributed by atoms with Gasteiger partial charge in [-0.2, -0.15) is 0 Å². The highest BCUT2D eigenvalue weighted by molar-refractivity contribution is 8.00. The molecule has 0 spiro atoms. The smallest absolute Gasteiger partial charge is 0.237 e. The van der Waals surface area contributed by atoms with Gasteiger partial charge in [-0.1, -0.05) is 48.2 Å². The Kier molecular flexibility index (Phi) is 6.04. The van der Waals surface area contributed by atoms with E-state index >= 15 is 0 Å². The summed E-state index contributed by atoms with van der Waals surface area (Å²) in [5.74, 6) is 0.608. The molecule has 0 saturated carbocycles. The standard InChI is InChI=1S/C24H23N5OS/c1-16-8-6-7-11-21(16)26-23(30)17(2)31-24-28-27-22(18-12-14-19(25)15-13-18)29(24)20-9-4-3-5-10-20/h3-15,17H,25H2,1-2H3,(H,26,30)/t17-/m0/s1. The molecule has 0 fully saturated rings.